The zero-order valence-electron chi connectivity index (χ0n) is 5.01. The van der Waals surface area contributed by atoms with Crippen LogP contribution in [-0.4, -0.2) is 13.1 Å². The molecule has 0 spiro atoms. The number of nitrogens with zero attached hydrogens (tertiary/aromatic N) is 1. The van der Waals surface area contributed by atoms with Gasteiger partial charge in [-0.05, 0) is 12.2 Å². The van der Waals surface area contributed by atoms with Crippen molar-refractivity contribution in [3.63, 3.8) is 0 Å². The van der Waals surface area contributed by atoms with Crippen molar-refractivity contribution in [3.05, 3.63) is 24.4 Å². The van der Waals surface area contributed by atoms with Gasteiger partial charge in [-0.1, -0.05) is 17.7 Å². The summed E-state index contributed by atoms with van der Waals surface area (Å²) < 4.78 is 3.13. The van der Waals surface area contributed by atoms with Crippen molar-refractivity contribution in [2.24, 2.45) is 0 Å². The van der Waals surface area contributed by atoms with E-state index in [-0.39, 0.29) is 21.0 Å². The first-order chi connectivity index (χ1) is 4.29. The van der Waals surface area contributed by atoms with Crippen LogP contribution in [0.5, 0.6) is 0 Å². The Bertz CT molecular complexity index is 183. The molecule has 0 saturated carbocycles. The summed E-state index contributed by atoms with van der Waals surface area (Å²) in [6.07, 6.45) is 7.95. The van der Waals surface area contributed by atoms with E-state index in [1.165, 1.54) is 0 Å². The molecule has 0 unspecified atom stereocenters. The molecule has 0 aliphatic carbocycles. The zero-order chi connectivity index (χ0) is 6.69. The molecular formula is C6H7ClIN. The molecule has 0 bridgehead atoms. The summed E-state index contributed by atoms with van der Waals surface area (Å²) in [5.41, 5.74) is 0. The van der Waals surface area contributed by atoms with E-state index in [0.29, 0.717) is 0 Å². The summed E-state index contributed by atoms with van der Waals surface area (Å²) in [6, 6.07) is 0. The molecule has 0 saturated heterocycles. The van der Waals surface area contributed by atoms with Gasteiger partial charge in [-0.25, -0.2) is 0 Å². The predicted molar refractivity (Wildman–Crippen MR) is 50.9 cm³/mol. The second kappa shape index (κ2) is 3.37. The molecule has 0 N–H and O–H groups in total. The van der Waals surface area contributed by atoms with Gasteiger partial charge in [0, 0.05) is 34.3 Å². The third-order valence-corrected chi connectivity index (χ3v) is 3.30. The molecule has 0 atom stereocenters. The van der Waals surface area contributed by atoms with E-state index in [4.69, 9.17) is 11.6 Å². The fourth-order valence-electron chi connectivity index (χ4n) is 0.480. The first-order valence-electron chi connectivity index (χ1n) is 2.54. The van der Waals surface area contributed by atoms with Crippen LogP contribution in [-0.2, 0) is 0 Å². The van der Waals surface area contributed by atoms with E-state index in [9.17, 15) is 0 Å². The Morgan fingerprint density at radius 1 is 1.56 bits per heavy atom. The van der Waals surface area contributed by atoms with Crippen LogP contribution in [0.2, 0.25) is 0 Å². The molecule has 1 nitrogen and oxygen atoms in total. The Hall–Kier alpha value is 0.170. The highest BCUT2D eigenvalue weighted by molar-refractivity contribution is 14.2. The highest BCUT2D eigenvalue weighted by Gasteiger charge is 1.90. The van der Waals surface area contributed by atoms with Gasteiger partial charge in [0.25, 0.3) is 0 Å². The van der Waals surface area contributed by atoms with Crippen molar-refractivity contribution in [1.82, 2.24) is 3.11 Å². The molecule has 50 valence electrons. The largest absolute Gasteiger partial charge is 0.329 e. The van der Waals surface area contributed by atoms with Crippen molar-refractivity contribution >= 4 is 35.6 Å². The summed E-state index contributed by atoms with van der Waals surface area (Å²) in [7, 11) is 2.04. The van der Waals surface area contributed by atoms with Gasteiger partial charge in [0.2, 0.25) is 0 Å². The van der Waals surface area contributed by atoms with Gasteiger partial charge in [-0.15, -0.1) is 0 Å². The molecule has 0 aromatic carbocycles. The standard InChI is InChI=1S/C6H7ClIN/c1-9-5-3-2-4-6(7)8-9/h2-5H,1H3. The van der Waals surface area contributed by atoms with Crippen molar-refractivity contribution < 1.29 is 0 Å². The molecule has 9 heavy (non-hydrogen) atoms. The van der Waals surface area contributed by atoms with Gasteiger partial charge in [0.05, 0.1) is 2.97 Å². The van der Waals surface area contributed by atoms with Crippen LogP contribution in [0.1, 0.15) is 0 Å². The summed E-state index contributed by atoms with van der Waals surface area (Å²) in [4.78, 5) is 0. The summed E-state index contributed by atoms with van der Waals surface area (Å²) in [5.74, 6) is 0. The minimum atomic E-state index is -0.0965. The maximum atomic E-state index is 5.81. The normalized spacial score (nSPS) is 18.4. The van der Waals surface area contributed by atoms with Crippen molar-refractivity contribution in [1.29, 1.82) is 0 Å². The van der Waals surface area contributed by atoms with Crippen LogP contribution in [0.3, 0.4) is 0 Å². The maximum absolute atomic E-state index is 5.81. The summed E-state index contributed by atoms with van der Waals surface area (Å²) in [5, 5.41) is 0. The molecule has 1 aliphatic rings. The van der Waals surface area contributed by atoms with Crippen molar-refractivity contribution in [2.45, 2.75) is 0 Å². The van der Waals surface area contributed by atoms with Gasteiger partial charge < -0.3 is 3.11 Å². The third kappa shape index (κ3) is 2.49. The molecule has 0 aromatic heterocycles. The molecule has 0 aromatic rings. The molecule has 1 rings (SSSR count). The van der Waals surface area contributed by atoms with Crippen LogP contribution in [0, 0.1) is 0 Å². The van der Waals surface area contributed by atoms with Crippen LogP contribution in [0.15, 0.2) is 24.4 Å². The SMILES string of the molecule is CN1C=CC=CC(Cl)=I1. The minimum Gasteiger partial charge on any atom is -0.329 e. The number of rotatable bonds is 0. The fraction of sp³-hybridized carbons (Fsp3) is 0.167. The van der Waals surface area contributed by atoms with Crippen LogP contribution < -0.4 is 0 Å². The number of hydrogen-bond acceptors (Lipinski definition) is 1. The smallest absolute Gasteiger partial charge is 0.0896 e. The van der Waals surface area contributed by atoms with Crippen LogP contribution >= 0.6 is 32.6 Å². The second-order valence-electron chi connectivity index (χ2n) is 1.60. The van der Waals surface area contributed by atoms with E-state index in [1.54, 1.807) is 0 Å². The molecule has 3 heteroatoms. The van der Waals surface area contributed by atoms with E-state index in [2.05, 4.69) is 3.11 Å². The van der Waals surface area contributed by atoms with Gasteiger partial charge in [0.15, 0.2) is 0 Å². The third-order valence-electron chi connectivity index (χ3n) is 0.839. The lowest BCUT2D eigenvalue weighted by atomic mass is 10.5. The lowest BCUT2D eigenvalue weighted by molar-refractivity contribution is 0.835. The summed E-state index contributed by atoms with van der Waals surface area (Å²) in [6.45, 7) is 0. The van der Waals surface area contributed by atoms with Crippen LogP contribution in [0.25, 0.3) is 0 Å². The molecule has 1 heterocycles. The van der Waals surface area contributed by atoms with Crippen molar-refractivity contribution in [2.75, 3.05) is 7.05 Å². The first-order valence-corrected chi connectivity index (χ1v) is 4.96. The van der Waals surface area contributed by atoms with Crippen molar-refractivity contribution in [3.8, 4) is 0 Å². The highest BCUT2D eigenvalue weighted by atomic mass is 127. The quantitative estimate of drug-likeness (QED) is 0.474. The Morgan fingerprint density at radius 2 is 2.33 bits per heavy atom. The average Bonchev–Trinajstić information content (AvgIpc) is 1.93. The number of hydrogen-bond donors (Lipinski definition) is 0. The summed E-state index contributed by atoms with van der Waals surface area (Å²) >= 11 is 5.72. The Morgan fingerprint density at radius 3 is 3.11 bits per heavy atom. The topological polar surface area (TPSA) is 3.24 Å². The highest BCUT2D eigenvalue weighted by Crippen LogP contribution is 2.13. The van der Waals surface area contributed by atoms with Crippen LogP contribution in [0.4, 0.5) is 0 Å². The number of halogens is 2. The lowest BCUT2D eigenvalue weighted by Gasteiger charge is -2.02. The Kier molecular flexibility index (Phi) is 2.72. The first kappa shape index (κ1) is 7.28. The Balaban J connectivity index is 2.77. The molecule has 1 aliphatic heterocycles. The minimum absolute atomic E-state index is 0.0965. The van der Waals surface area contributed by atoms with E-state index in [1.807, 2.05) is 31.5 Å². The molecular weight excluding hydrogens is 248 g/mol. The Labute approximate surface area is 70.1 Å². The number of allylic oxidation sites excluding steroid dienone is 3. The van der Waals surface area contributed by atoms with Gasteiger partial charge >= 0.3 is 0 Å². The van der Waals surface area contributed by atoms with Gasteiger partial charge in [-0.2, -0.15) is 0 Å². The fourth-order valence-corrected chi connectivity index (χ4v) is 2.67. The molecule has 0 radical (unpaired) electrons. The van der Waals surface area contributed by atoms with E-state index < -0.39 is 0 Å². The zero-order valence-corrected chi connectivity index (χ0v) is 7.93. The maximum Gasteiger partial charge on any atom is 0.0896 e. The monoisotopic (exact) mass is 255 g/mol. The molecule has 0 amide bonds. The lowest BCUT2D eigenvalue weighted by Crippen LogP contribution is -1.91. The van der Waals surface area contributed by atoms with E-state index in [0.717, 1.165) is 2.97 Å². The second-order valence-corrected chi connectivity index (χ2v) is 5.81. The molecule has 0 fully saturated rings. The predicted octanol–water partition coefficient (Wildman–Crippen LogP) is 2.26. The van der Waals surface area contributed by atoms with E-state index >= 15 is 0 Å². The van der Waals surface area contributed by atoms with Gasteiger partial charge in [-0.3, -0.25) is 0 Å². The van der Waals surface area contributed by atoms with Gasteiger partial charge in [0.1, 0.15) is 0 Å². The average molecular weight is 255 g/mol.